The first-order valence-electron chi connectivity index (χ1n) is 12.5. The summed E-state index contributed by atoms with van der Waals surface area (Å²) in [5, 5.41) is 22.0. The molecule has 1 fully saturated rings. The molecular weight excluding hydrogens is 454 g/mol. The Hall–Kier alpha value is -3.68. The minimum Gasteiger partial charge on any atom is -0.490 e. The van der Waals surface area contributed by atoms with Crippen LogP contribution in [-0.4, -0.2) is 52.5 Å². The third-order valence-corrected chi connectivity index (χ3v) is 6.99. The molecule has 3 heterocycles. The van der Waals surface area contributed by atoms with E-state index >= 15 is 0 Å². The maximum absolute atomic E-state index is 10.7. The van der Waals surface area contributed by atoms with Crippen molar-refractivity contribution in [3.8, 4) is 17.4 Å². The van der Waals surface area contributed by atoms with E-state index in [1.807, 2.05) is 24.3 Å². The summed E-state index contributed by atoms with van der Waals surface area (Å²) in [4.78, 5) is 2.33. The minimum atomic E-state index is -0.581. The number of likely N-dealkylation sites (tertiary alicyclic amines) is 1. The lowest BCUT2D eigenvalue weighted by atomic mass is 9.88. The van der Waals surface area contributed by atoms with E-state index in [1.165, 1.54) is 16.3 Å². The number of β-amino-alcohol motifs (C(OH)–C–C–N with tert-alkyl or cyclic N) is 1. The molecule has 1 N–H and O–H groups in total. The molecule has 0 amide bonds. The van der Waals surface area contributed by atoms with Gasteiger partial charge in [0.15, 0.2) is 5.76 Å². The van der Waals surface area contributed by atoms with Gasteiger partial charge in [-0.2, -0.15) is 0 Å². The molecule has 184 valence electrons. The monoisotopic (exact) mass is 483 g/mol. The number of fused-ring (bicyclic) bond motifs is 2. The van der Waals surface area contributed by atoms with Gasteiger partial charge >= 0.3 is 0 Å². The standard InChI is InChI=1S/C29H29N3O4/c1-19-30-31-29(35-19)28-16-25-26(7-4-8-27(25)36-28)34-18-24(33)17-32-13-11-21(12-14-32)23-10-9-20-5-2-3-6-22(20)15-23/h2-10,15-16,21,24,33H,11-14,17-18H2,1H3/t24-/m0/s1. The van der Waals surface area contributed by atoms with Gasteiger partial charge in [0, 0.05) is 19.5 Å². The van der Waals surface area contributed by atoms with E-state index in [4.69, 9.17) is 13.6 Å². The molecule has 6 rings (SSSR count). The molecule has 0 unspecified atom stereocenters. The summed E-state index contributed by atoms with van der Waals surface area (Å²) >= 11 is 0. The third kappa shape index (κ3) is 4.72. The molecule has 7 nitrogen and oxygen atoms in total. The number of benzene rings is 3. The Kier molecular flexibility index (Phi) is 6.17. The average molecular weight is 484 g/mol. The molecule has 7 heteroatoms. The smallest absolute Gasteiger partial charge is 0.283 e. The van der Waals surface area contributed by atoms with Crippen LogP contribution in [0, 0.1) is 6.92 Å². The van der Waals surface area contributed by atoms with Crippen LogP contribution in [-0.2, 0) is 0 Å². The van der Waals surface area contributed by atoms with Gasteiger partial charge in [-0.25, -0.2) is 0 Å². The lowest BCUT2D eigenvalue weighted by molar-refractivity contribution is 0.0599. The fourth-order valence-electron chi connectivity index (χ4n) is 5.11. The molecule has 0 saturated carbocycles. The normalized spacial score (nSPS) is 16.1. The first kappa shape index (κ1) is 22.8. The lowest BCUT2D eigenvalue weighted by Crippen LogP contribution is -2.40. The molecule has 5 aromatic rings. The molecule has 0 spiro atoms. The van der Waals surface area contributed by atoms with Gasteiger partial charge in [-0.3, -0.25) is 0 Å². The van der Waals surface area contributed by atoms with E-state index in [9.17, 15) is 5.11 Å². The zero-order valence-electron chi connectivity index (χ0n) is 20.3. The van der Waals surface area contributed by atoms with E-state index in [0.29, 0.717) is 41.3 Å². The number of piperidine rings is 1. The van der Waals surface area contributed by atoms with Crippen LogP contribution in [0.5, 0.6) is 5.75 Å². The van der Waals surface area contributed by atoms with Crippen LogP contribution in [0.25, 0.3) is 33.4 Å². The maximum Gasteiger partial charge on any atom is 0.283 e. The average Bonchev–Trinajstić information content (AvgIpc) is 3.54. The van der Waals surface area contributed by atoms with Gasteiger partial charge < -0.3 is 23.6 Å². The summed E-state index contributed by atoms with van der Waals surface area (Å²) in [7, 11) is 0. The van der Waals surface area contributed by atoms with Crippen molar-refractivity contribution in [2.24, 2.45) is 0 Å². The molecule has 3 aromatic carbocycles. The van der Waals surface area contributed by atoms with Crippen LogP contribution in [0.2, 0.25) is 0 Å². The zero-order chi connectivity index (χ0) is 24.5. The summed E-state index contributed by atoms with van der Waals surface area (Å²) in [5.74, 6) is 2.53. The first-order chi connectivity index (χ1) is 17.6. The predicted molar refractivity (Wildman–Crippen MR) is 138 cm³/mol. The molecule has 1 atom stereocenters. The largest absolute Gasteiger partial charge is 0.490 e. The molecule has 1 aliphatic heterocycles. The Morgan fingerprint density at radius 1 is 0.972 bits per heavy atom. The number of aromatic nitrogens is 2. The van der Waals surface area contributed by atoms with Crippen LogP contribution >= 0.6 is 0 Å². The quantitative estimate of drug-likeness (QED) is 0.324. The highest BCUT2D eigenvalue weighted by molar-refractivity contribution is 5.87. The predicted octanol–water partition coefficient (Wildman–Crippen LogP) is 5.56. The number of aliphatic hydroxyl groups is 1. The molecule has 1 saturated heterocycles. The van der Waals surface area contributed by atoms with Crippen molar-refractivity contribution >= 4 is 21.7 Å². The van der Waals surface area contributed by atoms with E-state index in [-0.39, 0.29) is 6.61 Å². The van der Waals surface area contributed by atoms with Gasteiger partial charge in [0.2, 0.25) is 5.89 Å². The van der Waals surface area contributed by atoms with Gasteiger partial charge in [0.05, 0.1) is 5.39 Å². The number of aliphatic hydroxyl groups excluding tert-OH is 1. The van der Waals surface area contributed by atoms with Crippen molar-refractivity contribution in [1.29, 1.82) is 0 Å². The Morgan fingerprint density at radius 3 is 2.61 bits per heavy atom. The second-order valence-electron chi connectivity index (χ2n) is 9.55. The molecular formula is C29H29N3O4. The number of aryl methyl sites for hydroxylation is 1. The lowest BCUT2D eigenvalue weighted by Gasteiger charge is -2.33. The van der Waals surface area contributed by atoms with Crippen molar-refractivity contribution in [1.82, 2.24) is 15.1 Å². The van der Waals surface area contributed by atoms with Crippen molar-refractivity contribution in [2.45, 2.75) is 31.8 Å². The van der Waals surface area contributed by atoms with Gasteiger partial charge in [-0.15, -0.1) is 10.2 Å². The van der Waals surface area contributed by atoms with Gasteiger partial charge in [-0.05, 0) is 60.3 Å². The highest BCUT2D eigenvalue weighted by Gasteiger charge is 2.23. The van der Waals surface area contributed by atoms with Crippen LogP contribution < -0.4 is 4.74 Å². The van der Waals surface area contributed by atoms with Crippen LogP contribution in [0.1, 0.15) is 30.2 Å². The molecule has 1 aliphatic rings. The minimum absolute atomic E-state index is 0.212. The Balaban J connectivity index is 1.04. The maximum atomic E-state index is 10.7. The topological polar surface area (TPSA) is 84.8 Å². The van der Waals surface area contributed by atoms with Gasteiger partial charge in [0.1, 0.15) is 24.0 Å². The first-order valence-corrected chi connectivity index (χ1v) is 12.5. The van der Waals surface area contributed by atoms with Crippen molar-refractivity contribution in [2.75, 3.05) is 26.2 Å². The summed E-state index contributed by atoms with van der Waals surface area (Å²) in [6.45, 7) is 4.49. The van der Waals surface area contributed by atoms with Crippen LogP contribution in [0.15, 0.2) is 75.6 Å². The SMILES string of the molecule is Cc1nnc(-c2cc3c(OC[C@@H](O)CN4CCC(c5ccc6ccccc6c5)CC4)cccc3o2)o1. The van der Waals surface area contributed by atoms with Gasteiger partial charge in [-0.1, -0.05) is 48.5 Å². The van der Waals surface area contributed by atoms with E-state index in [2.05, 4.69) is 57.6 Å². The number of hydrogen-bond donors (Lipinski definition) is 1. The van der Waals surface area contributed by atoms with Crippen molar-refractivity contribution in [3.05, 3.63) is 78.2 Å². The molecule has 2 aromatic heterocycles. The van der Waals surface area contributed by atoms with E-state index in [0.717, 1.165) is 31.3 Å². The zero-order valence-corrected chi connectivity index (χ0v) is 20.3. The number of ether oxygens (including phenoxy) is 1. The summed E-state index contributed by atoms with van der Waals surface area (Å²) in [6, 6.07) is 22.8. The van der Waals surface area contributed by atoms with Crippen LogP contribution in [0.3, 0.4) is 0 Å². The molecule has 0 aliphatic carbocycles. The van der Waals surface area contributed by atoms with E-state index in [1.54, 1.807) is 6.92 Å². The molecule has 36 heavy (non-hydrogen) atoms. The molecule has 0 bridgehead atoms. The summed E-state index contributed by atoms with van der Waals surface area (Å²) in [6.07, 6.45) is 1.61. The molecule has 0 radical (unpaired) electrons. The second kappa shape index (κ2) is 9.76. The fraction of sp³-hybridized carbons (Fsp3) is 0.310. The second-order valence-corrected chi connectivity index (χ2v) is 9.55. The van der Waals surface area contributed by atoms with Crippen LogP contribution in [0.4, 0.5) is 0 Å². The summed E-state index contributed by atoms with van der Waals surface area (Å²) < 4.78 is 17.3. The highest BCUT2D eigenvalue weighted by Crippen LogP contribution is 2.33. The van der Waals surface area contributed by atoms with Crippen molar-refractivity contribution < 1.29 is 18.7 Å². The fourth-order valence-corrected chi connectivity index (χ4v) is 5.11. The Labute approximate surface area is 209 Å². The Bertz CT molecular complexity index is 1480. The van der Waals surface area contributed by atoms with Gasteiger partial charge in [0.25, 0.3) is 5.89 Å². The number of nitrogens with zero attached hydrogens (tertiary/aromatic N) is 3. The van der Waals surface area contributed by atoms with E-state index < -0.39 is 6.10 Å². The number of hydrogen-bond acceptors (Lipinski definition) is 7. The highest BCUT2D eigenvalue weighted by atomic mass is 16.5. The third-order valence-electron chi connectivity index (χ3n) is 6.99. The summed E-state index contributed by atoms with van der Waals surface area (Å²) in [5.41, 5.74) is 2.09. The number of rotatable bonds is 7. The number of furan rings is 1. The van der Waals surface area contributed by atoms with Crippen molar-refractivity contribution in [3.63, 3.8) is 0 Å². The Morgan fingerprint density at radius 2 is 1.81 bits per heavy atom.